The fraction of sp³-hybridized carbons (Fsp3) is 0.333. The average molecular weight is 381 g/mol. The largest absolute Gasteiger partial charge is 0.497 e. The van der Waals surface area contributed by atoms with Gasteiger partial charge >= 0.3 is 5.76 Å². The number of benzene rings is 2. The number of hydrogen-bond donors (Lipinski definition) is 2. The summed E-state index contributed by atoms with van der Waals surface area (Å²) in [4.78, 5) is 28.6. The molecule has 7 heteroatoms. The molecule has 2 heterocycles. The SMILES string of the molecule is COc1cccc(N2CCC(CNC(=O)c3ccc4[nH]c(=O)oc4c3)CC2)c1. The van der Waals surface area contributed by atoms with Crippen LogP contribution in [0.2, 0.25) is 0 Å². The smallest absolute Gasteiger partial charge is 0.417 e. The lowest BCUT2D eigenvalue weighted by atomic mass is 9.96. The summed E-state index contributed by atoms with van der Waals surface area (Å²) in [5, 5.41) is 3.01. The van der Waals surface area contributed by atoms with Crippen LogP contribution in [0, 0.1) is 5.92 Å². The molecule has 1 aliphatic rings. The summed E-state index contributed by atoms with van der Waals surface area (Å²) >= 11 is 0. The maximum atomic E-state index is 12.4. The third-order valence-corrected chi connectivity index (χ3v) is 5.27. The van der Waals surface area contributed by atoms with Crippen molar-refractivity contribution in [2.75, 3.05) is 31.6 Å². The van der Waals surface area contributed by atoms with Gasteiger partial charge in [0.1, 0.15) is 5.75 Å². The Hall–Kier alpha value is -3.22. The van der Waals surface area contributed by atoms with E-state index in [1.165, 1.54) is 5.69 Å². The average Bonchev–Trinajstić information content (AvgIpc) is 3.11. The van der Waals surface area contributed by atoms with Gasteiger partial charge in [0, 0.05) is 37.0 Å². The molecule has 3 aromatic rings. The molecule has 0 radical (unpaired) electrons. The molecule has 2 aromatic carbocycles. The van der Waals surface area contributed by atoms with Crippen LogP contribution >= 0.6 is 0 Å². The zero-order chi connectivity index (χ0) is 19.5. The number of carbonyl (C=O) groups is 1. The van der Waals surface area contributed by atoms with Crippen molar-refractivity contribution in [1.82, 2.24) is 10.3 Å². The monoisotopic (exact) mass is 381 g/mol. The predicted octanol–water partition coefficient (Wildman–Crippen LogP) is 2.78. The van der Waals surface area contributed by atoms with Gasteiger partial charge in [-0.2, -0.15) is 0 Å². The number of hydrogen-bond acceptors (Lipinski definition) is 5. The van der Waals surface area contributed by atoms with Crippen molar-refractivity contribution < 1.29 is 13.9 Å². The Labute approximate surface area is 162 Å². The van der Waals surface area contributed by atoms with Crippen LogP contribution in [-0.4, -0.2) is 37.6 Å². The Kier molecular flexibility index (Phi) is 5.06. The van der Waals surface area contributed by atoms with E-state index in [1.807, 2.05) is 12.1 Å². The van der Waals surface area contributed by atoms with Crippen LogP contribution in [-0.2, 0) is 0 Å². The minimum Gasteiger partial charge on any atom is -0.497 e. The van der Waals surface area contributed by atoms with E-state index >= 15 is 0 Å². The molecular weight excluding hydrogens is 358 g/mol. The van der Waals surface area contributed by atoms with Crippen molar-refractivity contribution in [3.63, 3.8) is 0 Å². The van der Waals surface area contributed by atoms with Gasteiger partial charge in [-0.15, -0.1) is 0 Å². The van der Waals surface area contributed by atoms with Crippen molar-refractivity contribution in [1.29, 1.82) is 0 Å². The Bertz CT molecular complexity index is 1030. The number of methoxy groups -OCH3 is 1. The molecule has 0 aliphatic carbocycles. The van der Waals surface area contributed by atoms with E-state index in [-0.39, 0.29) is 5.91 Å². The van der Waals surface area contributed by atoms with Crippen LogP contribution in [0.4, 0.5) is 5.69 Å². The Morgan fingerprint density at radius 2 is 2.07 bits per heavy atom. The van der Waals surface area contributed by atoms with E-state index < -0.39 is 5.76 Å². The van der Waals surface area contributed by atoms with Crippen LogP contribution in [0.1, 0.15) is 23.2 Å². The summed E-state index contributed by atoms with van der Waals surface area (Å²) in [6.07, 6.45) is 2.03. The number of oxazole rings is 1. The number of nitrogens with one attached hydrogen (secondary N) is 2. The van der Waals surface area contributed by atoms with Crippen LogP contribution < -0.4 is 20.7 Å². The highest BCUT2D eigenvalue weighted by Gasteiger charge is 2.20. The predicted molar refractivity (Wildman–Crippen MR) is 107 cm³/mol. The van der Waals surface area contributed by atoms with Crippen LogP contribution in [0.3, 0.4) is 0 Å². The number of carbonyl (C=O) groups excluding carboxylic acids is 1. The minimum atomic E-state index is -0.518. The zero-order valence-electron chi connectivity index (χ0n) is 15.7. The van der Waals surface area contributed by atoms with Gasteiger partial charge in [-0.3, -0.25) is 9.78 Å². The first-order valence-corrected chi connectivity index (χ1v) is 9.42. The van der Waals surface area contributed by atoms with E-state index in [1.54, 1.807) is 25.3 Å². The summed E-state index contributed by atoms with van der Waals surface area (Å²) in [7, 11) is 1.68. The quantitative estimate of drug-likeness (QED) is 0.710. The van der Waals surface area contributed by atoms with Gasteiger partial charge in [0.15, 0.2) is 5.58 Å². The van der Waals surface area contributed by atoms with Crippen molar-refractivity contribution in [2.24, 2.45) is 5.92 Å². The summed E-state index contributed by atoms with van der Waals surface area (Å²) in [5.41, 5.74) is 2.64. The molecule has 4 rings (SSSR count). The first-order valence-electron chi connectivity index (χ1n) is 9.42. The van der Waals surface area contributed by atoms with Crippen molar-refractivity contribution in [2.45, 2.75) is 12.8 Å². The van der Waals surface area contributed by atoms with Crippen LogP contribution in [0.15, 0.2) is 51.7 Å². The number of piperidine rings is 1. The van der Waals surface area contributed by atoms with Crippen molar-refractivity contribution in [3.8, 4) is 5.75 Å². The number of amides is 1. The molecule has 146 valence electrons. The summed E-state index contributed by atoms with van der Waals surface area (Å²) in [6.45, 7) is 2.54. The molecule has 1 fully saturated rings. The topological polar surface area (TPSA) is 87.6 Å². The summed E-state index contributed by atoms with van der Waals surface area (Å²) < 4.78 is 10.3. The molecule has 0 spiro atoms. The van der Waals surface area contributed by atoms with Gasteiger partial charge in [-0.05, 0) is 49.1 Å². The second-order valence-corrected chi connectivity index (χ2v) is 7.07. The van der Waals surface area contributed by atoms with E-state index in [9.17, 15) is 9.59 Å². The number of H-pyrrole nitrogens is 1. The van der Waals surface area contributed by atoms with E-state index in [2.05, 4.69) is 27.3 Å². The fourth-order valence-electron chi connectivity index (χ4n) is 3.63. The first-order chi connectivity index (χ1) is 13.6. The van der Waals surface area contributed by atoms with Gasteiger partial charge in [-0.1, -0.05) is 6.07 Å². The molecular formula is C21H23N3O4. The lowest BCUT2D eigenvalue weighted by Gasteiger charge is -2.33. The number of rotatable bonds is 5. The van der Waals surface area contributed by atoms with Crippen LogP contribution in [0.25, 0.3) is 11.1 Å². The molecule has 1 aliphatic heterocycles. The van der Waals surface area contributed by atoms with E-state index in [0.29, 0.717) is 29.1 Å². The molecule has 7 nitrogen and oxygen atoms in total. The molecule has 0 bridgehead atoms. The number of aromatic nitrogens is 1. The zero-order valence-corrected chi connectivity index (χ0v) is 15.7. The fourth-order valence-corrected chi connectivity index (χ4v) is 3.63. The lowest BCUT2D eigenvalue weighted by molar-refractivity contribution is 0.0945. The third kappa shape index (κ3) is 3.88. The number of anilines is 1. The number of fused-ring (bicyclic) bond motifs is 1. The van der Waals surface area contributed by atoms with Crippen molar-refractivity contribution >= 4 is 22.7 Å². The molecule has 0 atom stereocenters. The minimum absolute atomic E-state index is 0.152. The van der Waals surface area contributed by atoms with E-state index in [0.717, 1.165) is 31.7 Å². The Morgan fingerprint density at radius 3 is 2.86 bits per heavy atom. The van der Waals surface area contributed by atoms with Gasteiger partial charge in [-0.25, -0.2) is 4.79 Å². The molecule has 2 N–H and O–H groups in total. The van der Waals surface area contributed by atoms with E-state index in [4.69, 9.17) is 9.15 Å². The lowest BCUT2D eigenvalue weighted by Crippen LogP contribution is -2.38. The van der Waals surface area contributed by atoms with Gasteiger partial charge in [0.05, 0.1) is 12.6 Å². The molecule has 1 aromatic heterocycles. The Morgan fingerprint density at radius 1 is 1.25 bits per heavy atom. The first kappa shape index (κ1) is 18.2. The number of nitrogens with zero attached hydrogens (tertiary/aromatic N) is 1. The highest BCUT2D eigenvalue weighted by Crippen LogP contribution is 2.26. The third-order valence-electron chi connectivity index (χ3n) is 5.27. The molecule has 1 amide bonds. The van der Waals surface area contributed by atoms with Crippen molar-refractivity contribution in [3.05, 3.63) is 58.6 Å². The van der Waals surface area contributed by atoms with Gasteiger partial charge in [0.25, 0.3) is 5.91 Å². The molecule has 1 saturated heterocycles. The number of ether oxygens (including phenoxy) is 1. The van der Waals surface area contributed by atoms with Crippen LogP contribution in [0.5, 0.6) is 5.75 Å². The molecule has 0 saturated carbocycles. The maximum Gasteiger partial charge on any atom is 0.417 e. The van der Waals surface area contributed by atoms with Gasteiger partial charge in [0.2, 0.25) is 0 Å². The standard InChI is InChI=1S/C21H23N3O4/c1-27-17-4-2-3-16(12-17)24-9-7-14(8-10-24)13-22-20(25)15-5-6-18-19(11-15)28-21(26)23-18/h2-6,11-12,14H,7-10,13H2,1H3,(H,22,25)(H,23,26). The molecule has 28 heavy (non-hydrogen) atoms. The maximum absolute atomic E-state index is 12.4. The normalized spacial score (nSPS) is 15.0. The number of aromatic amines is 1. The second kappa shape index (κ2) is 7.80. The highest BCUT2D eigenvalue weighted by molar-refractivity contribution is 5.96. The Balaban J connectivity index is 1.30. The summed E-state index contributed by atoms with van der Waals surface area (Å²) in [6, 6.07) is 13.1. The molecule has 0 unspecified atom stereocenters. The second-order valence-electron chi connectivity index (χ2n) is 7.07. The van der Waals surface area contributed by atoms with Gasteiger partial charge < -0.3 is 19.4 Å². The summed E-state index contributed by atoms with van der Waals surface area (Å²) in [5.74, 6) is 0.637. The highest BCUT2D eigenvalue weighted by atomic mass is 16.5.